The minimum Gasteiger partial charge on any atom is -0.480 e. The zero-order valence-corrected chi connectivity index (χ0v) is 26.8. The Balaban J connectivity index is 1.37. The highest BCUT2D eigenvalue weighted by Crippen LogP contribution is 2.33. The molecule has 0 aliphatic carbocycles. The summed E-state index contributed by atoms with van der Waals surface area (Å²) in [5.41, 5.74) is 2.50. The van der Waals surface area contributed by atoms with Crippen LogP contribution < -0.4 is 4.74 Å². The van der Waals surface area contributed by atoms with E-state index in [0.717, 1.165) is 16.0 Å². The maximum absolute atomic E-state index is 14.0. The van der Waals surface area contributed by atoms with Gasteiger partial charge in [-0.2, -0.15) is 0 Å². The third-order valence-electron chi connectivity index (χ3n) is 8.32. The van der Waals surface area contributed by atoms with Crippen molar-refractivity contribution in [3.05, 3.63) is 132 Å². The molecule has 4 atom stereocenters. The van der Waals surface area contributed by atoms with Crippen LogP contribution >= 0.6 is 0 Å². The number of hydrogen-bond acceptors (Lipinski definition) is 8. The Morgan fingerprint density at radius 1 is 0.816 bits per heavy atom. The Labute approximate surface area is 283 Å². The van der Waals surface area contributed by atoms with Crippen LogP contribution in [0, 0.1) is 0 Å². The summed E-state index contributed by atoms with van der Waals surface area (Å²) in [6.07, 6.45) is -0.412. The zero-order valence-electron chi connectivity index (χ0n) is 26.8. The molecule has 0 bridgehead atoms. The van der Waals surface area contributed by atoms with Gasteiger partial charge >= 0.3 is 23.7 Å². The van der Waals surface area contributed by atoms with E-state index in [1.165, 1.54) is 0 Å². The SMILES string of the molecule is C[C@H]([C@H](CCc1ccccc1)c1ccc(Oc2ccccc2)cc1)N(CC(=O)O)C(=O)[C@@H]1CO[C@@](C(=O)O)(C(=O)OCc2ccccc2)O1. The molecule has 11 heteroatoms. The second-order valence-corrected chi connectivity index (χ2v) is 11.6. The van der Waals surface area contributed by atoms with Crippen LogP contribution in [0.25, 0.3) is 0 Å². The van der Waals surface area contributed by atoms with E-state index in [2.05, 4.69) is 0 Å². The predicted molar refractivity (Wildman–Crippen MR) is 177 cm³/mol. The molecule has 0 aromatic heterocycles. The van der Waals surface area contributed by atoms with Gasteiger partial charge in [-0.25, -0.2) is 9.59 Å². The fraction of sp³-hybridized carbons (Fsp3) is 0.263. The lowest BCUT2D eigenvalue weighted by Crippen LogP contribution is -2.52. The third-order valence-corrected chi connectivity index (χ3v) is 8.32. The summed E-state index contributed by atoms with van der Waals surface area (Å²) in [6.45, 7) is 0.184. The number of para-hydroxylation sites is 1. The summed E-state index contributed by atoms with van der Waals surface area (Å²) in [5, 5.41) is 19.8. The van der Waals surface area contributed by atoms with Gasteiger partial charge in [-0.3, -0.25) is 9.59 Å². The molecule has 4 aromatic carbocycles. The number of amides is 1. The highest BCUT2D eigenvalue weighted by Gasteiger charge is 2.59. The number of hydrogen-bond donors (Lipinski definition) is 2. The molecule has 1 fully saturated rings. The van der Waals surface area contributed by atoms with Crippen LogP contribution in [0.4, 0.5) is 0 Å². The van der Waals surface area contributed by atoms with Crippen molar-refractivity contribution in [2.75, 3.05) is 13.2 Å². The van der Waals surface area contributed by atoms with Gasteiger partial charge in [0.1, 0.15) is 24.7 Å². The fourth-order valence-electron chi connectivity index (χ4n) is 5.74. The summed E-state index contributed by atoms with van der Waals surface area (Å²) in [6, 6.07) is 34.3. The van der Waals surface area contributed by atoms with Gasteiger partial charge in [0.05, 0.1) is 6.61 Å². The molecule has 1 aliphatic rings. The highest BCUT2D eigenvalue weighted by atomic mass is 16.8. The molecule has 1 heterocycles. The van der Waals surface area contributed by atoms with Gasteiger partial charge in [-0.05, 0) is 60.7 Å². The van der Waals surface area contributed by atoms with Crippen molar-refractivity contribution in [3.63, 3.8) is 0 Å². The van der Waals surface area contributed by atoms with Crippen LogP contribution in [0.3, 0.4) is 0 Å². The van der Waals surface area contributed by atoms with Crippen molar-refractivity contribution in [2.24, 2.45) is 0 Å². The second kappa shape index (κ2) is 16.1. The predicted octanol–water partition coefficient (Wildman–Crippen LogP) is 5.44. The summed E-state index contributed by atoms with van der Waals surface area (Å²) < 4.78 is 22.0. The van der Waals surface area contributed by atoms with Crippen molar-refractivity contribution < 1.29 is 48.3 Å². The molecule has 0 radical (unpaired) electrons. The minimum absolute atomic E-state index is 0.250. The van der Waals surface area contributed by atoms with E-state index in [0.29, 0.717) is 29.9 Å². The number of carboxylic acids is 2. The number of aliphatic carboxylic acids is 2. The molecule has 254 valence electrons. The standard InChI is InChI=1S/C38H37NO10/c1-26(32(22-17-27-11-5-2-6-12-27)29-18-20-31(21-19-29)48-30-15-9-4-10-16-30)39(23-34(40)41)35(42)33-25-47-38(49-33,36(43)44)37(45)46-24-28-13-7-3-8-14-28/h2-16,18-21,26,32-33H,17,22-25H2,1H3,(H,40,41)(H,43,44)/t26-,32+,33+,38-/m1/s1. The molecular weight excluding hydrogens is 630 g/mol. The van der Waals surface area contributed by atoms with E-state index in [1.807, 2.05) is 84.9 Å². The number of aryl methyl sites for hydroxylation is 1. The normalized spacial score (nSPS) is 18.2. The van der Waals surface area contributed by atoms with Gasteiger partial charge in [-0.15, -0.1) is 0 Å². The van der Waals surface area contributed by atoms with E-state index in [4.69, 9.17) is 18.9 Å². The Bertz CT molecular complexity index is 1720. The average Bonchev–Trinajstić information content (AvgIpc) is 3.59. The molecule has 0 saturated carbocycles. The number of carbonyl (C=O) groups excluding carboxylic acids is 2. The smallest absolute Gasteiger partial charge is 0.379 e. The Morgan fingerprint density at radius 3 is 1.98 bits per heavy atom. The monoisotopic (exact) mass is 667 g/mol. The topological polar surface area (TPSA) is 149 Å². The van der Waals surface area contributed by atoms with Gasteiger partial charge < -0.3 is 34.1 Å². The van der Waals surface area contributed by atoms with Crippen LogP contribution in [0.15, 0.2) is 115 Å². The van der Waals surface area contributed by atoms with Crippen LogP contribution in [-0.4, -0.2) is 70.0 Å². The third kappa shape index (κ3) is 8.69. The number of benzene rings is 4. The first-order valence-corrected chi connectivity index (χ1v) is 15.8. The molecule has 1 saturated heterocycles. The second-order valence-electron chi connectivity index (χ2n) is 11.6. The molecule has 1 amide bonds. The maximum Gasteiger partial charge on any atom is 0.379 e. The first-order valence-electron chi connectivity index (χ1n) is 15.8. The molecule has 4 aromatic rings. The van der Waals surface area contributed by atoms with E-state index >= 15 is 0 Å². The number of nitrogens with zero attached hydrogens (tertiary/aromatic N) is 1. The lowest BCUT2D eigenvalue weighted by atomic mass is 9.85. The van der Waals surface area contributed by atoms with Crippen molar-refractivity contribution in [3.8, 4) is 11.5 Å². The zero-order chi connectivity index (χ0) is 34.8. The van der Waals surface area contributed by atoms with Gasteiger partial charge in [0, 0.05) is 12.0 Å². The van der Waals surface area contributed by atoms with Gasteiger partial charge in [0.25, 0.3) is 5.91 Å². The van der Waals surface area contributed by atoms with Crippen molar-refractivity contribution in [1.29, 1.82) is 0 Å². The van der Waals surface area contributed by atoms with Crippen LogP contribution in [0.5, 0.6) is 11.5 Å². The van der Waals surface area contributed by atoms with E-state index < -0.39 is 54.9 Å². The summed E-state index contributed by atoms with van der Waals surface area (Å²) in [7, 11) is 0. The van der Waals surface area contributed by atoms with Gasteiger partial charge in [-0.1, -0.05) is 91.0 Å². The van der Waals surface area contributed by atoms with Crippen LogP contribution in [-0.2, 0) is 46.4 Å². The quantitative estimate of drug-likeness (QED) is 0.124. The molecule has 11 nitrogen and oxygen atoms in total. The molecule has 0 spiro atoms. The highest BCUT2D eigenvalue weighted by molar-refractivity contribution is 6.02. The first-order chi connectivity index (χ1) is 23.7. The fourth-order valence-corrected chi connectivity index (χ4v) is 5.74. The summed E-state index contributed by atoms with van der Waals surface area (Å²) in [5.74, 6) is -7.23. The number of ether oxygens (including phenoxy) is 4. The molecule has 0 unspecified atom stereocenters. The molecule has 1 aliphatic heterocycles. The molecule has 5 rings (SSSR count). The van der Waals surface area contributed by atoms with Crippen molar-refractivity contribution >= 4 is 23.8 Å². The molecular formula is C38H37NO10. The average molecular weight is 668 g/mol. The summed E-state index contributed by atoms with van der Waals surface area (Å²) >= 11 is 0. The number of rotatable bonds is 15. The van der Waals surface area contributed by atoms with E-state index in [9.17, 15) is 29.4 Å². The molecule has 2 N–H and O–H groups in total. The van der Waals surface area contributed by atoms with Gasteiger partial charge in [0.2, 0.25) is 0 Å². The van der Waals surface area contributed by atoms with Gasteiger partial charge in [0.15, 0.2) is 6.10 Å². The lowest BCUT2D eigenvalue weighted by molar-refractivity contribution is -0.222. The van der Waals surface area contributed by atoms with Crippen molar-refractivity contribution in [2.45, 2.75) is 50.2 Å². The van der Waals surface area contributed by atoms with Crippen LogP contribution in [0.2, 0.25) is 0 Å². The maximum atomic E-state index is 14.0. The molecule has 49 heavy (non-hydrogen) atoms. The largest absolute Gasteiger partial charge is 0.480 e. The Morgan fingerprint density at radius 2 is 1.39 bits per heavy atom. The van der Waals surface area contributed by atoms with Crippen LogP contribution in [0.1, 0.15) is 36.0 Å². The summed E-state index contributed by atoms with van der Waals surface area (Å²) in [4.78, 5) is 52.5. The van der Waals surface area contributed by atoms with Crippen molar-refractivity contribution in [1.82, 2.24) is 4.90 Å². The number of carboxylic acid groups (broad SMARTS) is 2. The lowest BCUT2D eigenvalue weighted by Gasteiger charge is -2.35. The van der Waals surface area contributed by atoms with E-state index in [-0.39, 0.29) is 12.5 Å². The first kappa shape index (κ1) is 34.8. The van der Waals surface area contributed by atoms with E-state index in [1.54, 1.807) is 37.3 Å². The minimum atomic E-state index is -2.89. The Kier molecular flexibility index (Phi) is 11.4. The number of carbonyl (C=O) groups is 4. The number of esters is 1. The Hall–Kier alpha value is -5.52.